The van der Waals surface area contributed by atoms with Gasteiger partial charge in [0.25, 0.3) is 0 Å². The van der Waals surface area contributed by atoms with E-state index in [1.165, 1.54) is 11.1 Å². The molecule has 0 spiro atoms. The summed E-state index contributed by atoms with van der Waals surface area (Å²) in [6.45, 7) is 7.53. The average molecular weight is 284 g/mol. The fourth-order valence-electron chi connectivity index (χ4n) is 3.46. The van der Waals surface area contributed by atoms with Crippen molar-refractivity contribution in [2.75, 3.05) is 0 Å². The number of carboxylic acid groups (broad SMARTS) is 1. The Morgan fingerprint density at radius 3 is 2.48 bits per heavy atom. The first-order chi connectivity index (χ1) is 10.2. The van der Waals surface area contributed by atoms with Gasteiger partial charge in [-0.2, -0.15) is 0 Å². The molecule has 1 aromatic rings. The second-order valence-electron chi connectivity index (χ2n) is 5.97. The summed E-state index contributed by atoms with van der Waals surface area (Å²) in [6.07, 6.45) is 8.14. The van der Waals surface area contributed by atoms with E-state index in [4.69, 9.17) is 0 Å². The topological polar surface area (TPSA) is 37.3 Å². The summed E-state index contributed by atoms with van der Waals surface area (Å²) in [6, 6.07) is 8.69. The smallest absolute Gasteiger partial charge is 0.306 e. The fourth-order valence-corrected chi connectivity index (χ4v) is 3.46. The Hall–Kier alpha value is -1.83. The van der Waals surface area contributed by atoms with Crippen molar-refractivity contribution in [3.8, 4) is 0 Å². The zero-order valence-electron chi connectivity index (χ0n) is 12.5. The second kappa shape index (κ2) is 7.26. The second-order valence-corrected chi connectivity index (χ2v) is 5.97. The molecule has 1 N–H and O–H groups in total. The van der Waals surface area contributed by atoms with Crippen LogP contribution in [0.2, 0.25) is 0 Å². The normalized spacial score (nSPS) is 25.2. The highest BCUT2D eigenvalue weighted by Gasteiger charge is 2.34. The summed E-state index contributed by atoms with van der Waals surface area (Å²) in [4.78, 5) is 11.4. The van der Waals surface area contributed by atoms with Gasteiger partial charge in [-0.05, 0) is 55.1 Å². The molecule has 0 amide bonds. The van der Waals surface area contributed by atoms with E-state index in [-0.39, 0.29) is 11.8 Å². The van der Waals surface area contributed by atoms with Crippen molar-refractivity contribution < 1.29 is 9.90 Å². The van der Waals surface area contributed by atoms with Crippen molar-refractivity contribution in [3.63, 3.8) is 0 Å². The van der Waals surface area contributed by atoms with Crippen molar-refractivity contribution in [1.82, 2.24) is 0 Å². The fraction of sp³-hybridized carbons (Fsp3) is 0.421. The third kappa shape index (κ3) is 3.84. The number of benzene rings is 1. The molecule has 1 saturated carbocycles. The number of rotatable bonds is 6. The molecule has 1 fully saturated rings. The monoisotopic (exact) mass is 284 g/mol. The molecule has 2 nitrogen and oxygen atoms in total. The van der Waals surface area contributed by atoms with E-state index in [1.807, 2.05) is 12.2 Å². The first-order valence-corrected chi connectivity index (χ1v) is 7.69. The standard InChI is InChI=1S/C19H24O2/c1-3-5-14-7-9-15(10-8-14)16-11-12-18(19(20)21)17(13-16)6-4-2/h3-4,7-10,16-18H,1-2,5-6,11-13H2,(H,20,21). The molecule has 112 valence electrons. The Labute approximate surface area is 127 Å². The van der Waals surface area contributed by atoms with Gasteiger partial charge in [-0.15, -0.1) is 13.2 Å². The van der Waals surface area contributed by atoms with Gasteiger partial charge in [-0.3, -0.25) is 4.79 Å². The predicted molar refractivity (Wildman–Crippen MR) is 86.4 cm³/mol. The van der Waals surface area contributed by atoms with Crippen LogP contribution in [0.4, 0.5) is 0 Å². The lowest BCUT2D eigenvalue weighted by Gasteiger charge is -2.33. The van der Waals surface area contributed by atoms with Crippen LogP contribution in [0, 0.1) is 11.8 Å². The summed E-state index contributed by atoms with van der Waals surface area (Å²) in [5.41, 5.74) is 2.61. The van der Waals surface area contributed by atoms with Crippen molar-refractivity contribution in [2.45, 2.75) is 38.0 Å². The summed E-state index contributed by atoms with van der Waals surface area (Å²) < 4.78 is 0. The molecule has 2 heteroatoms. The molecule has 0 saturated heterocycles. The Kier molecular flexibility index (Phi) is 5.38. The van der Waals surface area contributed by atoms with Gasteiger partial charge in [0.15, 0.2) is 0 Å². The van der Waals surface area contributed by atoms with Crippen LogP contribution in [0.15, 0.2) is 49.6 Å². The van der Waals surface area contributed by atoms with Gasteiger partial charge >= 0.3 is 5.97 Å². The molecule has 1 aliphatic rings. The van der Waals surface area contributed by atoms with Crippen LogP contribution in [0.3, 0.4) is 0 Å². The third-order valence-electron chi connectivity index (χ3n) is 4.60. The van der Waals surface area contributed by atoms with Gasteiger partial charge in [-0.25, -0.2) is 0 Å². The number of hydrogen-bond acceptors (Lipinski definition) is 1. The van der Waals surface area contributed by atoms with Crippen molar-refractivity contribution >= 4 is 5.97 Å². The van der Waals surface area contributed by atoms with Crippen molar-refractivity contribution in [3.05, 3.63) is 60.7 Å². The first-order valence-electron chi connectivity index (χ1n) is 7.69. The van der Waals surface area contributed by atoms with Gasteiger partial charge in [0, 0.05) is 0 Å². The Morgan fingerprint density at radius 1 is 1.19 bits per heavy atom. The van der Waals surface area contributed by atoms with Gasteiger partial charge in [0.1, 0.15) is 0 Å². The van der Waals surface area contributed by atoms with Crippen molar-refractivity contribution in [2.24, 2.45) is 11.8 Å². The van der Waals surface area contributed by atoms with Gasteiger partial charge in [0.2, 0.25) is 0 Å². The molecule has 2 rings (SSSR count). The molecule has 0 aromatic heterocycles. The van der Waals surface area contributed by atoms with E-state index in [9.17, 15) is 9.90 Å². The minimum Gasteiger partial charge on any atom is -0.481 e. The predicted octanol–water partition coefficient (Wildman–Crippen LogP) is 4.58. The number of aliphatic carboxylic acids is 1. The highest BCUT2D eigenvalue weighted by molar-refractivity contribution is 5.70. The Balaban J connectivity index is 2.09. The van der Waals surface area contributed by atoms with Gasteiger partial charge < -0.3 is 5.11 Å². The van der Waals surface area contributed by atoms with E-state index >= 15 is 0 Å². The van der Waals surface area contributed by atoms with Gasteiger partial charge in [-0.1, -0.05) is 36.4 Å². The van der Waals surface area contributed by atoms with Crippen LogP contribution < -0.4 is 0 Å². The molecule has 3 atom stereocenters. The molecule has 0 bridgehead atoms. The SMILES string of the molecule is C=CCc1ccc(C2CCC(C(=O)O)C(CC=C)C2)cc1. The molecule has 21 heavy (non-hydrogen) atoms. The Bertz CT molecular complexity index is 501. The quantitative estimate of drug-likeness (QED) is 0.777. The lowest BCUT2D eigenvalue weighted by molar-refractivity contribution is -0.145. The molecule has 3 unspecified atom stereocenters. The molecular weight excluding hydrogens is 260 g/mol. The van der Waals surface area contributed by atoms with Crippen LogP contribution in [0.25, 0.3) is 0 Å². The molecular formula is C19H24O2. The van der Waals surface area contributed by atoms with Crippen LogP contribution in [0.1, 0.15) is 42.7 Å². The molecule has 1 aliphatic carbocycles. The summed E-state index contributed by atoms with van der Waals surface area (Å²) >= 11 is 0. The maximum atomic E-state index is 11.4. The zero-order valence-corrected chi connectivity index (χ0v) is 12.5. The maximum Gasteiger partial charge on any atom is 0.306 e. The van der Waals surface area contributed by atoms with E-state index < -0.39 is 5.97 Å². The number of hydrogen-bond donors (Lipinski definition) is 1. The molecule has 0 aliphatic heterocycles. The van der Waals surface area contributed by atoms with Crippen LogP contribution >= 0.6 is 0 Å². The summed E-state index contributed by atoms with van der Waals surface area (Å²) in [5, 5.41) is 9.34. The molecule has 1 aromatic carbocycles. The Morgan fingerprint density at radius 2 is 1.90 bits per heavy atom. The van der Waals surface area contributed by atoms with Crippen molar-refractivity contribution in [1.29, 1.82) is 0 Å². The zero-order chi connectivity index (χ0) is 15.2. The summed E-state index contributed by atoms with van der Waals surface area (Å²) in [5.74, 6) is -0.171. The first kappa shape index (κ1) is 15.6. The highest BCUT2D eigenvalue weighted by Crippen LogP contribution is 2.41. The number of carbonyl (C=O) groups is 1. The average Bonchev–Trinajstić information content (AvgIpc) is 2.48. The lowest BCUT2D eigenvalue weighted by atomic mass is 9.70. The van der Waals surface area contributed by atoms with E-state index in [2.05, 4.69) is 37.4 Å². The minimum atomic E-state index is -0.651. The maximum absolute atomic E-state index is 11.4. The minimum absolute atomic E-state index is 0.209. The molecule has 0 heterocycles. The van der Waals surface area contributed by atoms with Crippen LogP contribution in [0.5, 0.6) is 0 Å². The number of carboxylic acids is 1. The highest BCUT2D eigenvalue weighted by atomic mass is 16.4. The largest absolute Gasteiger partial charge is 0.481 e. The summed E-state index contributed by atoms with van der Waals surface area (Å²) in [7, 11) is 0. The lowest BCUT2D eigenvalue weighted by Crippen LogP contribution is -2.29. The number of allylic oxidation sites excluding steroid dienone is 2. The van der Waals surface area contributed by atoms with E-state index in [1.54, 1.807) is 0 Å². The third-order valence-corrected chi connectivity index (χ3v) is 4.60. The van der Waals surface area contributed by atoms with Crippen LogP contribution in [-0.2, 0) is 11.2 Å². The van der Waals surface area contributed by atoms with Crippen LogP contribution in [-0.4, -0.2) is 11.1 Å². The molecule has 0 radical (unpaired) electrons. The van der Waals surface area contributed by atoms with E-state index in [0.29, 0.717) is 5.92 Å². The van der Waals surface area contributed by atoms with E-state index in [0.717, 1.165) is 32.1 Å². The van der Waals surface area contributed by atoms with Gasteiger partial charge in [0.05, 0.1) is 5.92 Å².